The Kier molecular flexibility index (Phi) is 7.20. The quantitative estimate of drug-likeness (QED) is 0.780. The van der Waals surface area contributed by atoms with Gasteiger partial charge in [0.15, 0.2) is 0 Å². The van der Waals surface area contributed by atoms with E-state index >= 15 is 0 Å². The van der Waals surface area contributed by atoms with Crippen LogP contribution in [0, 0.1) is 5.92 Å². The Hall–Kier alpha value is -1.44. The Balaban J connectivity index is 1.91. The maximum absolute atomic E-state index is 12.5. The molecule has 1 aromatic rings. The fourth-order valence-corrected chi connectivity index (χ4v) is 4.10. The summed E-state index contributed by atoms with van der Waals surface area (Å²) < 4.78 is 24.6. The molecule has 2 rings (SSSR count). The Bertz CT molecular complexity index is 693. The summed E-state index contributed by atoms with van der Waals surface area (Å²) in [5, 5.41) is 3.39. The highest BCUT2D eigenvalue weighted by atomic mass is 32.2. The van der Waals surface area contributed by atoms with Crippen LogP contribution in [0.1, 0.15) is 37.9 Å². The molecule has 0 unspecified atom stereocenters. The second-order valence-corrected chi connectivity index (χ2v) is 9.22. The van der Waals surface area contributed by atoms with Gasteiger partial charge in [0.1, 0.15) is 0 Å². The number of amides is 1. The number of carbonyl (C=O) groups excluding carboxylic acids is 1. The van der Waals surface area contributed by atoms with Crippen LogP contribution in [0.5, 0.6) is 0 Å². The first kappa shape index (κ1) is 20.9. The highest BCUT2D eigenvalue weighted by molar-refractivity contribution is 7.88. The summed E-state index contributed by atoms with van der Waals surface area (Å²) in [6.45, 7) is 8.32. The molecule has 0 aromatic heterocycles. The highest BCUT2D eigenvalue weighted by Crippen LogP contribution is 2.22. The molecule has 1 fully saturated rings. The van der Waals surface area contributed by atoms with Gasteiger partial charge in [0.25, 0.3) is 0 Å². The van der Waals surface area contributed by atoms with Crippen LogP contribution in [0.4, 0.5) is 0 Å². The molecule has 1 atom stereocenters. The number of hydrogen-bond acceptors (Lipinski definition) is 4. The number of rotatable bonds is 7. The van der Waals surface area contributed by atoms with Crippen molar-refractivity contribution in [1.29, 1.82) is 0 Å². The Labute approximate surface area is 157 Å². The molecule has 146 valence electrons. The van der Waals surface area contributed by atoms with Gasteiger partial charge in [-0.15, -0.1) is 0 Å². The maximum atomic E-state index is 12.5. The van der Waals surface area contributed by atoms with Gasteiger partial charge in [-0.1, -0.05) is 45.0 Å². The van der Waals surface area contributed by atoms with Gasteiger partial charge in [0, 0.05) is 32.2 Å². The summed E-state index contributed by atoms with van der Waals surface area (Å²) in [7, 11) is -3.17. The first-order valence-corrected chi connectivity index (χ1v) is 11.1. The molecular weight excluding hydrogens is 350 g/mol. The standard InChI is InChI=1S/C19H31N3O3S/c1-5-16-6-8-17(9-7-16)19(15(2)3)20-14-18(23)21-10-12-22(13-11-21)26(4,24)25/h6-9,15,19-20H,5,10-14H2,1-4H3/t19-/m1/s1. The second-order valence-electron chi connectivity index (χ2n) is 7.24. The Morgan fingerprint density at radius 2 is 1.69 bits per heavy atom. The van der Waals surface area contributed by atoms with Crippen LogP contribution in [-0.4, -0.2) is 62.5 Å². The van der Waals surface area contributed by atoms with Crippen molar-refractivity contribution < 1.29 is 13.2 Å². The molecule has 1 aliphatic rings. The molecule has 7 heteroatoms. The van der Waals surface area contributed by atoms with Crippen LogP contribution in [0.25, 0.3) is 0 Å². The van der Waals surface area contributed by atoms with Gasteiger partial charge in [-0.25, -0.2) is 8.42 Å². The van der Waals surface area contributed by atoms with Gasteiger partial charge >= 0.3 is 0 Å². The lowest BCUT2D eigenvalue weighted by molar-refractivity contribution is -0.131. The molecule has 1 amide bonds. The van der Waals surface area contributed by atoms with Gasteiger partial charge in [-0.3, -0.25) is 4.79 Å². The predicted molar refractivity (Wildman–Crippen MR) is 104 cm³/mol. The molecule has 1 heterocycles. The summed E-state index contributed by atoms with van der Waals surface area (Å²) in [6.07, 6.45) is 2.22. The molecule has 1 N–H and O–H groups in total. The molecular formula is C19H31N3O3S. The minimum atomic E-state index is -3.17. The maximum Gasteiger partial charge on any atom is 0.236 e. The third-order valence-electron chi connectivity index (χ3n) is 4.95. The zero-order valence-electron chi connectivity index (χ0n) is 16.2. The van der Waals surface area contributed by atoms with Crippen molar-refractivity contribution in [2.45, 2.75) is 33.2 Å². The van der Waals surface area contributed by atoms with E-state index in [-0.39, 0.29) is 18.5 Å². The van der Waals surface area contributed by atoms with Crippen molar-refractivity contribution in [2.24, 2.45) is 5.92 Å². The van der Waals surface area contributed by atoms with Crippen LogP contribution in [0.15, 0.2) is 24.3 Å². The molecule has 0 bridgehead atoms. The van der Waals surface area contributed by atoms with E-state index in [2.05, 4.69) is 50.4 Å². The number of carbonyl (C=O) groups is 1. The predicted octanol–water partition coefficient (Wildman–Crippen LogP) is 1.64. The van der Waals surface area contributed by atoms with E-state index in [9.17, 15) is 13.2 Å². The van der Waals surface area contributed by atoms with Crippen molar-refractivity contribution in [3.63, 3.8) is 0 Å². The molecule has 1 aromatic carbocycles. The lowest BCUT2D eigenvalue weighted by Crippen LogP contribution is -2.52. The number of piperazine rings is 1. The lowest BCUT2D eigenvalue weighted by atomic mass is 9.95. The first-order valence-electron chi connectivity index (χ1n) is 9.27. The molecule has 0 spiro atoms. The summed E-state index contributed by atoms with van der Waals surface area (Å²) in [5.74, 6) is 0.381. The van der Waals surface area contributed by atoms with E-state index in [1.54, 1.807) is 4.90 Å². The number of hydrogen-bond donors (Lipinski definition) is 1. The number of nitrogens with zero attached hydrogens (tertiary/aromatic N) is 2. The first-order chi connectivity index (χ1) is 12.2. The second kappa shape index (κ2) is 8.97. The number of aryl methyl sites for hydroxylation is 1. The topological polar surface area (TPSA) is 69.7 Å². The molecule has 6 nitrogen and oxygen atoms in total. The van der Waals surface area contributed by atoms with Gasteiger partial charge in [-0.05, 0) is 23.5 Å². The molecule has 1 saturated heterocycles. The van der Waals surface area contributed by atoms with Crippen molar-refractivity contribution in [1.82, 2.24) is 14.5 Å². The summed E-state index contributed by atoms with van der Waals surface area (Å²) in [5.41, 5.74) is 2.49. The molecule has 0 radical (unpaired) electrons. The normalized spacial score (nSPS) is 17.5. The van der Waals surface area contributed by atoms with Gasteiger partial charge < -0.3 is 10.2 Å². The van der Waals surface area contributed by atoms with Gasteiger partial charge in [0.05, 0.1) is 12.8 Å². The smallest absolute Gasteiger partial charge is 0.236 e. The number of benzene rings is 1. The molecule has 1 aliphatic heterocycles. The van der Waals surface area contributed by atoms with Gasteiger partial charge in [-0.2, -0.15) is 4.31 Å². The molecule has 0 aliphatic carbocycles. The van der Waals surface area contributed by atoms with Crippen LogP contribution >= 0.6 is 0 Å². The average Bonchev–Trinajstić information content (AvgIpc) is 2.61. The van der Waals surface area contributed by atoms with Crippen molar-refractivity contribution in [3.8, 4) is 0 Å². The van der Waals surface area contributed by atoms with E-state index < -0.39 is 10.0 Å². The average molecular weight is 382 g/mol. The van der Waals surface area contributed by atoms with Crippen molar-refractivity contribution in [2.75, 3.05) is 39.0 Å². The summed E-state index contributed by atoms with van der Waals surface area (Å²) in [4.78, 5) is 14.3. The molecule has 0 saturated carbocycles. The largest absolute Gasteiger partial charge is 0.339 e. The number of sulfonamides is 1. The van der Waals surface area contributed by atoms with Crippen molar-refractivity contribution in [3.05, 3.63) is 35.4 Å². The monoisotopic (exact) mass is 381 g/mol. The minimum Gasteiger partial charge on any atom is -0.339 e. The van der Waals surface area contributed by atoms with E-state index in [0.717, 1.165) is 6.42 Å². The number of nitrogens with one attached hydrogen (secondary N) is 1. The lowest BCUT2D eigenvalue weighted by Gasteiger charge is -2.34. The van der Waals surface area contributed by atoms with E-state index in [1.807, 2.05) is 0 Å². The SMILES string of the molecule is CCc1ccc([C@H](NCC(=O)N2CCN(S(C)(=O)=O)CC2)C(C)C)cc1. The third-order valence-corrected chi connectivity index (χ3v) is 6.25. The van der Waals surface area contributed by atoms with Crippen molar-refractivity contribution >= 4 is 15.9 Å². The van der Waals surface area contributed by atoms with Crippen LogP contribution in [0.2, 0.25) is 0 Å². The van der Waals surface area contributed by atoms with E-state index in [0.29, 0.717) is 32.1 Å². The van der Waals surface area contributed by atoms with Crippen LogP contribution in [0.3, 0.4) is 0 Å². The molecule has 26 heavy (non-hydrogen) atoms. The summed E-state index contributed by atoms with van der Waals surface area (Å²) >= 11 is 0. The van der Waals surface area contributed by atoms with Crippen LogP contribution in [-0.2, 0) is 21.2 Å². The highest BCUT2D eigenvalue weighted by Gasteiger charge is 2.26. The fourth-order valence-electron chi connectivity index (χ4n) is 3.28. The minimum absolute atomic E-state index is 0.0222. The van der Waals surface area contributed by atoms with E-state index in [1.165, 1.54) is 21.7 Å². The van der Waals surface area contributed by atoms with Gasteiger partial charge in [0.2, 0.25) is 15.9 Å². The van der Waals surface area contributed by atoms with Crippen LogP contribution < -0.4 is 5.32 Å². The third kappa shape index (κ3) is 5.53. The zero-order valence-corrected chi connectivity index (χ0v) is 17.1. The Morgan fingerprint density at radius 1 is 1.12 bits per heavy atom. The fraction of sp³-hybridized carbons (Fsp3) is 0.632. The Morgan fingerprint density at radius 3 is 2.15 bits per heavy atom. The van der Waals surface area contributed by atoms with E-state index in [4.69, 9.17) is 0 Å². The zero-order chi connectivity index (χ0) is 19.3. The summed E-state index contributed by atoms with van der Waals surface area (Å²) in [6, 6.07) is 8.65.